The Kier molecular flexibility index (Phi) is 3.79. The van der Waals surface area contributed by atoms with Crippen LogP contribution in [0.3, 0.4) is 0 Å². The van der Waals surface area contributed by atoms with Gasteiger partial charge in [-0.15, -0.1) is 21.8 Å². The Labute approximate surface area is 106 Å². The van der Waals surface area contributed by atoms with E-state index in [0.29, 0.717) is 17.7 Å². The van der Waals surface area contributed by atoms with Crippen LogP contribution in [0.2, 0.25) is 0 Å². The van der Waals surface area contributed by atoms with Crippen molar-refractivity contribution < 1.29 is 4.42 Å². The molecule has 0 spiro atoms. The maximum atomic E-state index is 5.63. The molecular formula is C13H15ClN2O. The molecule has 0 unspecified atom stereocenters. The second kappa shape index (κ2) is 5.32. The van der Waals surface area contributed by atoms with Gasteiger partial charge in [0.15, 0.2) is 0 Å². The van der Waals surface area contributed by atoms with Gasteiger partial charge in [0.05, 0.1) is 0 Å². The van der Waals surface area contributed by atoms with Gasteiger partial charge in [0.2, 0.25) is 11.8 Å². The topological polar surface area (TPSA) is 38.9 Å². The van der Waals surface area contributed by atoms with Gasteiger partial charge < -0.3 is 4.42 Å². The third kappa shape index (κ3) is 2.67. The van der Waals surface area contributed by atoms with Crippen LogP contribution in [0.15, 0.2) is 22.6 Å². The van der Waals surface area contributed by atoms with E-state index in [0.717, 1.165) is 18.4 Å². The summed E-state index contributed by atoms with van der Waals surface area (Å²) in [6, 6.07) is 6.07. The first-order valence-corrected chi connectivity index (χ1v) is 6.20. The summed E-state index contributed by atoms with van der Waals surface area (Å²) in [6.45, 7) is 4.14. The Morgan fingerprint density at radius 2 is 2.06 bits per heavy atom. The van der Waals surface area contributed by atoms with E-state index in [1.54, 1.807) is 0 Å². The van der Waals surface area contributed by atoms with E-state index in [9.17, 15) is 0 Å². The van der Waals surface area contributed by atoms with Crippen LogP contribution in [0.5, 0.6) is 0 Å². The molecular weight excluding hydrogens is 236 g/mol. The highest BCUT2D eigenvalue weighted by Crippen LogP contribution is 2.24. The Morgan fingerprint density at radius 1 is 1.24 bits per heavy atom. The highest BCUT2D eigenvalue weighted by Gasteiger charge is 2.11. The van der Waals surface area contributed by atoms with Gasteiger partial charge >= 0.3 is 0 Å². The van der Waals surface area contributed by atoms with Crippen molar-refractivity contribution in [1.29, 1.82) is 0 Å². The lowest BCUT2D eigenvalue weighted by Gasteiger charge is -2.03. The second-order valence-electron chi connectivity index (χ2n) is 4.04. The molecule has 3 nitrogen and oxygen atoms in total. The van der Waals surface area contributed by atoms with Crippen molar-refractivity contribution in [3.8, 4) is 11.5 Å². The van der Waals surface area contributed by atoms with E-state index >= 15 is 0 Å². The molecule has 0 bridgehead atoms. The normalized spacial score (nSPS) is 10.8. The van der Waals surface area contributed by atoms with Gasteiger partial charge in [-0.25, -0.2) is 0 Å². The van der Waals surface area contributed by atoms with Crippen molar-refractivity contribution in [2.24, 2.45) is 0 Å². The van der Waals surface area contributed by atoms with Crippen molar-refractivity contribution in [3.63, 3.8) is 0 Å². The SMILES string of the molecule is Cc1cccc(-c2nnc(CCCCl)o2)c1C. The molecule has 0 aliphatic rings. The minimum atomic E-state index is 0.593. The van der Waals surface area contributed by atoms with Gasteiger partial charge in [-0.2, -0.15) is 0 Å². The van der Waals surface area contributed by atoms with Crippen LogP contribution in [0.1, 0.15) is 23.4 Å². The van der Waals surface area contributed by atoms with Crippen LogP contribution in [0, 0.1) is 13.8 Å². The molecule has 90 valence electrons. The van der Waals surface area contributed by atoms with Crippen LogP contribution in [0.25, 0.3) is 11.5 Å². The maximum Gasteiger partial charge on any atom is 0.248 e. The molecule has 0 N–H and O–H groups in total. The van der Waals surface area contributed by atoms with Gasteiger partial charge in [-0.1, -0.05) is 12.1 Å². The molecule has 1 heterocycles. The molecule has 0 aliphatic carbocycles. The lowest BCUT2D eigenvalue weighted by atomic mass is 10.0. The summed E-state index contributed by atoms with van der Waals surface area (Å²) < 4.78 is 5.63. The van der Waals surface area contributed by atoms with Crippen LogP contribution >= 0.6 is 11.6 Å². The molecule has 0 fully saturated rings. The fraction of sp³-hybridized carbons (Fsp3) is 0.385. The average molecular weight is 251 g/mol. The van der Waals surface area contributed by atoms with Gasteiger partial charge in [0.1, 0.15) is 0 Å². The monoisotopic (exact) mass is 250 g/mol. The van der Waals surface area contributed by atoms with Crippen LogP contribution in [0.4, 0.5) is 0 Å². The number of aromatic nitrogens is 2. The molecule has 0 radical (unpaired) electrons. The van der Waals surface area contributed by atoms with Crippen molar-refractivity contribution in [2.75, 3.05) is 5.88 Å². The van der Waals surface area contributed by atoms with E-state index in [1.165, 1.54) is 11.1 Å². The van der Waals surface area contributed by atoms with E-state index in [1.807, 2.05) is 12.1 Å². The fourth-order valence-electron chi connectivity index (χ4n) is 1.66. The predicted molar refractivity (Wildman–Crippen MR) is 68.2 cm³/mol. The second-order valence-corrected chi connectivity index (χ2v) is 4.42. The predicted octanol–water partition coefficient (Wildman–Crippen LogP) is 3.52. The highest BCUT2D eigenvalue weighted by atomic mass is 35.5. The van der Waals surface area contributed by atoms with Crippen molar-refractivity contribution in [2.45, 2.75) is 26.7 Å². The van der Waals surface area contributed by atoms with Gasteiger partial charge in [0, 0.05) is 17.9 Å². The number of nitrogens with zero attached hydrogens (tertiary/aromatic N) is 2. The Morgan fingerprint density at radius 3 is 2.82 bits per heavy atom. The molecule has 0 aliphatic heterocycles. The summed E-state index contributed by atoms with van der Waals surface area (Å²) in [6.07, 6.45) is 1.59. The third-order valence-electron chi connectivity index (χ3n) is 2.83. The number of hydrogen-bond acceptors (Lipinski definition) is 3. The molecule has 0 atom stereocenters. The molecule has 1 aromatic heterocycles. The largest absolute Gasteiger partial charge is 0.421 e. The summed E-state index contributed by atoms with van der Waals surface area (Å²) in [5, 5.41) is 8.11. The minimum absolute atomic E-state index is 0.593. The first-order chi connectivity index (χ1) is 8.22. The Hall–Kier alpha value is -1.35. The number of hydrogen-bond donors (Lipinski definition) is 0. The average Bonchev–Trinajstić information content (AvgIpc) is 2.78. The van der Waals surface area contributed by atoms with Crippen molar-refractivity contribution in [1.82, 2.24) is 10.2 Å². The molecule has 0 amide bonds. The summed E-state index contributed by atoms with van der Waals surface area (Å²) in [7, 11) is 0. The van der Waals surface area contributed by atoms with Crippen LogP contribution in [-0.4, -0.2) is 16.1 Å². The molecule has 2 aromatic rings. The van der Waals surface area contributed by atoms with Crippen molar-refractivity contribution >= 4 is 11.6 Å². The number of halogens is 1. The summed E-state index contributed by atoms with van der Waals surface area (Å²) in [5.74, 6) is 1.86. The smallest absolute Gasteiger partial charge is 0.248 e. The van der Waals surface area contributed by atoms with Crippen molar-refractivity contribution in [3.05, 3.63) is 35.2 Å². The molecule has 17 heavy (non-hydrogen) atoms. The Balaban J connectivity index is 2.27. The third-order valence-corrected chi connectivity index (χ3v) is 3.09. The minimum Gasteiger partial charge on any atom is -0.421 e. The summed E-state index contributed by atoms with van der Waals surface area (Å²) in [4.78, 5) is 0. The summed E-state index contributed by atoms with van der Waals surface area (Å²) in [5.41, 5.74) is 3.41. The molecule has 4 heteroatoms. The fourth-order valence-corrected chi connectivity index (χ4v) is 1.80. The first-order valence-electron chi connectivity index (χ1n) is 5.67. The van der Waals surface area contributed by atoms with E-state index in [2.05, 4.69) is 30.1 Å². The zero-order valence-corrected chi connectivity index (χ0v) is 10.8. The highest BCUT2D eigenvalue weighted by molar-refractivity contribution is 6.17. The van der Waals surface area contributed by atoms with E-state index in [4.69, 9.17) is 16.0 Å². The maximum absolute atomic E-state index is 5.63. The van der Waals surface area contributed by atoms with Gasteiger partial charge in [-0.05, 0) is 37.5 Å². The molecule has 0 saturated heterocycles. The summed E-state index contributed by atoms with van der Waals surface area (Å²) >= 11 is 5.63. The quantitative estimate of drug-likeness (QED) is 0.780. The molecule has 2 rings (SSSR count). The first kappa shape index (κ1) is 12.1. The number of alkyl halides is 1. The molecule has 0 saturated carbocycles. The zero-order chi connectivity index (χ0) is 12.3. The lowest BCUT2D eigenvalue weighted by molar-refractivity contribution is 0.502. The number of rotatable bonds is 4. The number of benzene rings is 1. The zero-order valence-electron chi connectivity index (χ0n) is 10.0. The lowest BCUT2D eigenvalue weighted by Crippen LogP contribution is -1.86. The van der Waals surface area contributed by atoms with E-state index in [-0.39, 0.29) is 0 Å². The van der Waals surface area contributed by atoms with Crippen LogP contribution in [-0.2, 0) is 6.42 Å². The molecule has 1 aromatic carbocycles. The standard InChI is InChI=1S/C13H15ClN2O/c1-9-5-3-6-11(10(9)2)13-16-15-12(17-13)7-4-8-14/h3,5-6H,4,7-8H2,1-2H3. The Bertz CT molecular complexity index is 508. The number of aryl methyl sites for hydroxylation is 2. The van der Waals surface area contributed by atoms with Gasteiger partial charge in [-0.3, -0.25) is 0 Å². The van der Waals surface area contributed by atoms with Gasteiger partial charge in [0.25, 0.3) is 0 Å². The van der Waals surface area contributed by atoms with E-state index < -0.39 is 0 Å². The van der Waals surface area contributed by atoms with Crippen LogP contribution < -0.4 is 0 Å².